The molecule has 2 aliphatic heterocycles. The van der Waals surface area contributed by atoms with Gasteiger partial charge in [0.25, 0.3) is 5.91 Å². The van der Waals surface area contributed by atoms with Crippen LogP contribution in [-0.4, -0.2) is 56.2 Å². The van der Waals surface area contributed by atoms with Gasteiger partial charge in [0.15, 0.2) is 5.65 Å². The molecule has 4 heterocycles. The Hall–Kier alpha value is -2.71. The largest absolute Gasteiger partial charge is 0.391 e. The summed E-state index contributed by atoms with van der Waals surface area (Å²) in [5, 5.41) is 14.8. The summed E-state index contributed by atoms with van der Waals surface area (Å²) >= 11 is 6.11. The maximum absolute atomic E-state index is 14.0. The van der Waals surface area contributed by atoms with Gasteiger partial charge in [-0.3, -0.25) is 4.79 Å². The topological polar surface area (TPSA) is 74.0 Å². The van der Waals surface area contributed by atoms with E-state index in [-0.39, 0.29) is 34.6 Å². The monoisotopic (exact) mass is 471 g/mol. The number of aromatic nitrogens is 3. The SMILES string of the molecule is Cc1cn2nc([C@@H]3CCCCN3C(=O)c3cccc(F)c3Cl)cc2nc1N1C[C@@H](C)[C@@H](O)C1. The minimum Gasteiger partial charge on any atom is -0.391 e. The lowest BCUT2D eigenvalue weighted by molar-refractivity contribution is 0.0605. The predicted molar refractivity (Wildman–Crippen MR) is 124 cm³/mol. The number of aliphatic hydroxyl groups excluding tert-OH is 1. The maximum Gasteiger partial charge on any atom is 0.256 e. The Balaban J connectivity index is 1.48. The molecule has 9 heteroatoms. The standard InChI is InChI=1S/C24H27ClFN5O2/c1-14-11-29(13-20(14)32)23-15(2)12-31-21(27-23)10-18(28-31)19-8-3-4-9-30(19)24(33)16-6-5-7-17(26)22(16)25/h5-7,10,12,14,19-20,32H,3-4,8-9,11,13H2,1-2H3/t14-,19+,20+/m1/s1. The second kappa shape index (κ2) is 8.57. The third-order valence-corrected chi connectivity index (χ3v) is 7.17. The minimum absolute atomic E-state index is 0.147. The van der Waals surface area contributed by atoms with E-state index in [1.165, 1.54) is 12.1 Å². The zero-order valence-electron chi connectivity index (χ0n) is 18.7. The second-order valence-electron chi connectivity index (χ2n) is 9.18. The molecule has 2 fully saturated rings. The molecule has 174 valence electrons. The highest BCUT2D eigenvalue weighted by atomic mass is 35.5. The number of β-amino-alcohol motifs (C(OH)–C–C–N with tert-alkyl or cyclic N) is 1. The number of carbonyl (C=O) groups excluding carboxylic acids is 1. The third kappa shape index (κ3) is 3.95. The number of benzene rings is 1. The van der Waals surface area contributed by atoms with Gasteiger partial charge in [-0.05, 0) is 38.3 Å². The number of anilines is 1. The molecule has 0 bridgehead atoms. The molecule has 2 saturated heterocycles. The molecule has 0 unspecified atom stereocenters. The highest BCUT2D eigenvalue weighted by Gasteiger charge is 2.33. The van der Waals surface area contributed by atoms with E-state index in [1.807, 2.05) is 26.1 Å². The number of rotatable bonds is 3. The van der Waals surface area contributed by atoms with Crippen molar-refractivity contribution in [3.8, 4) is 0 Å². The first-order chi connectivity index (χ1) is 15.8. The maximum atomic E-state index is 14.0. The molecule has 3 atom stereocenters. The number of piperidine rings is 1. The second-order valence-corrected chi connectivity index (χ2v) is 9.56. The highest BCUT2D eigenvalue weighted by molar-refractivity contribution is 6.34. The molecule has 0 aliphatic carbocycles. The molecule has 7 nitrogen and oxygen atoms in total. The summed E-state index contributed by atoms with van der Waals surface area (Å²) in [4.78, 5) is 22.0. The first-order valence-electron chi connectivity index (χ1n) is 11.4. The number of aliphatic hydroxyl groups is 1. The van der Waals surface area contributed by atoms with Crippen LogP contribution < -0.4 is 4.90 Å². The molecule has 2 aliphatic rings. The van der Waals surface area contributed by atoms with Crippen molar-refractivity contribution in [2.75, 3.05) is 24.5 Å². The lowest BCUT2D eigenvalue weighted by Crippen LogP contribution is -2.39. The highest BCUT2D eigenvalue weighted by Crippen LogP contribution is 2.34. The van der Waals surface area contributed by atoms with Gasteiger partial charge in [0.1, 0.15) is 11.6 Å². The van der Waals surface area contributed by atoms with Gasteiger partial charge in [-0.1, -0.05) is 24.6 Å². The summed E-state index contributed by atoms with van der Waals surface area (Å²) in [5.41, 5.74) is 2.60. The summed E-state index contributed by atoms with van der Waals surface area (Å²) in [6.45, 7) is 5.90. The van der Waals surface area contributed by atoms with Crippen LogP contribution in [0.15, 0.2) is 30.5 Å². The Labute approximate surface area is 196 Å². The van der Waals surface area contributed by atoms with E-state index in [2.05, 4.69) is 4.90 Å². The molecular formula is C24H27ClFN5O2. The van der Waals surface area contributed by atoms with Gasteiger partial charge in [-0.25, -0.2) is 13.9 Å². The Bertz CT molecular complexity index is 1210. The molecule has 0 radical (unpaired) electrons. The Kier molecular flexibility index (Phi) is 5.74. The van der Waals surface area contributed by atoms with Crippen molar-refractivity contribution in [2.45, 2.75) is 45.3 Å². The number of fused-ring (bicyclic) bond motifs is 1. The van der Waals surface area contributed by atoms with Crippen LogP contribution in [0.5, 0.6) is 0 Å². The number of hydrogen-bond donors (Lipinski definition) is 1. The summed E-state index contributed by atoms with van der Waals surface area (Å²) in [6, 6.07) is 6.00. The Morgan fingerprint density at radius 3 is 2.85 bits per heavy atom. The quantitative estimate of drug-likeness (QED) is 0.624. The molecule has 1 N–H and O–H groups in total. The first kappa shape index (κ1) is 22.1. The number of nitrogens with zero attached hydrogens (tertiary/aromatic N) is 5. The van der Waals surface area contributed by atoms with Gasteiger partial charge >= 0.3 is 0 Å². The summed E-state index contributed by atoms with van der Waals surface area (Å²) in [6.07, 6.45) is 4.19. The fourth-order valence-electron chi connectivity index (χ4n) is 4.93. The van der Waals surface area contributed by atoms with Gasteiger partial charge in [0.05, 0.1) is 28.4 Å². The Morgan fingerprint density at radius 1 is 1.27 bits per heavy atom. The zero-order chi connectivity index (χ0) is 23.3. The minimum atomic E-state index is -0.600. The smallest absolute Gasteiger partial charge is 0.256 e. The van der Waals surface area contributed by atoms with Crippen LogP contribution in [0.1, 0.15) is 53.8 Å². The molecule has 0 spiro atoms. The van der Waals surface area contributed by atoms with E-state index in [0.29, 0.717) is 18.7 Å². The van der Waals surface area contributed by atoms with Crippen LogP contribution in [0, 0.1) is 18.7 Å². The molecule has 3 aromatic rings. The van der Waals surface area contributed by atoms with Crippen LogP contribution >= 0.6 is 11.6 Å². The fraction of sp³-hybridized carbons (Fsp3) is 0.458. The number of halogens is 2. The molecule has 1 amide bonds. The van der Waals surface area contributed by atoms with E-state index >= 15 is 0 Å². The average Bonchev–Trinajstić information content (AvgIpc) is 3.36. The molecular weight excluding hydrogens is 445 g/mol. The molecule has 0 saturated carbocycles. The summed E-state index contributed by atoms with van der Waals surface area (Å²) in [7, 11) is 0. The molecule has 33 heavy (non-hydrogen) atoms. The van der Waals surface area contributed by atoms with E-state index < -0.39 is 5.82 Å². The van der Waals surface area contributed by atoms with Gasteiger partial charge in [0, 0.05) is 43.4 Å². The van der Waals surface area contributed by atoms with Gasteiger partial charge in [0.2, 0.25) is 0 Å². The molecule has 5 rings (SSSR count). The van der Waals surface area contributed by atoms with Crippen molar-refractivity contribution in [3.63, 3.8) is 0 Å². The molecule has 1 aromatic carbocycles. The average molecular weight is 472 g/mol. The van der Waals surface area contributed by atoms with Gasteiger partial charge in [-0.2, -0.15) is 5.10 Å². The number of amides is 1. The predicted octanol–water partition coefficient (Wildman–Crippen LogP) is 4.01. The summed E-state index contributed by atoms with van der Waals surface area (Å²) < 4.78 is 15.7. The van der Waals surface area contributed by atoms with Gasteiger partial charge in [-0.15, -0.1) is 0 Å². The van der Waals surface area contributed by atoms with E-state index in [1.54, 1.807) is 15.5 Å². The number of hydrogen-bond acceptors (Lipinski definition) is 5. The first-order valence-corrected chi connectivity index (χ1v) is 11.8. The van der Waals surface area contributed by atoms with Gasteiger partial charge < -0.3 is 14.9 Å². The number of carbonyl (C=O) groups is 1. The Morgan fingerprint density at radius 2 is 2.09 bits per heavy atom. The number of aryl methyl sites for hydroxylation is 1. The van der Waals surface area contributed by atoms with E-state index in [4.69, 9.17) is 21.7 Å². The summed E-state index contributed by atoms with van der Waals surface area (Å²) in [5.74, 6) is 0.156. The third-order valence-electron chi connectivity index (χ3n) is 6.78. The van der Waals surface area contributed by atoms with Crippen LogP contribution in [0.25, 0.3) is 5.65 Å². The lowest BCUT2D eigenvalue weighted by Gasteiger charge is -2.35. The van der Waals surface area contributed by atoms with Crippen LogP contribution in [0.3, 0.4) is 0 Å². The molecule has 2 aromatic heterocycles. The van der Waals surface area contributed by atoms with Crippen molar-refractivity contribution in [3.05, 3.63) is 58.1 Å². The van der Waals surface area contributed by atoms with Crippen LogP contribution in [0.2, 0.25) is 5.02 Å². The normalized spacial score (nSPS) is 23.5. The van der Waals surface area contributed by atoms with Crippen molar-refractivity contribution in [1.29, 1.82) is 0 Å². The van der Waals surface area contributed by atoms with E-state index in [9.17, 15) is 14.3 Å². The fourth-order valence-corrected chi connectivity index (χ4v) is 5.14. The zero-order valence-corrected chi connectivity index (χ0v) is 19.5. The van der Waals surface area contributed by atoms with Crippen molar-refractivity contribution in [2.24, 2.45) is 5.92 Å². The van der Waals surface area contributed by atoms with E-state index in [0.717, 1.165) is 42.9 Å². The van der Waals surface area contributed by atoms with Crippen molar-refractivity contribution < 1.29 is 14.3 Å². The lowest BCUT2D eigenvalue weighted by atomic mass is 9.98. The van der Waals surface area contributed by atoms with Crippen molar-refractivity contribution in [1.82, 2.24) is 19.5 Å². The van der Waals surface area contributed by atoms with Crippen LogP contribution in [0.4, 0.5) is 10.2 Å². The van der Waals surface area contributed by atoms with Crippen LogP contribution in [-0.2, 0) is 0 Å². The van der Waals surface area contributed by atoms with Crippen molar-refractivity contribution >= 4 is 29.0 Å². The number of likely N-dealkylation sites (tertiary alicyclic amines) is 1.